The molecular weight excluding hydrogens is 438 g/mol. The number of aromatic nitrogens is 2. The molecule has 0 saturated heterocycles. The zero-order valence-corrected chi connectivity index (χ0v) is 18.7. The molecule has 2 heterocycles. The Hall–Kier alpha value is -3.54. The van der Waals surface area contributed by atoms with Crippen LogP contribution in [0.15, 0.2) is 84.2 Å². The summed E-state index contributed by atoms with van der Waals surface area (Å²) in [7, 11) is 0. The number of fused-ring (bicyclic) bond motifs is 1. The van der Waals surface area contributed by atoms with Crippen LogP contribution >= 0.6 is 22.9 Å². The fourth-order valence-electron chi connectivity index (χ4n) is 3.48. The van der Waals surface area contributed by atoms with Crippen molar-refractivity contribution in [2.24, 2.45) is 0 Å². The van der Waals surface area contributed by atoms with Crippen molar-refractivity contribution in [2.45, 2.75) is 6.92 Å². The lowest BCUT2D eigenvalue weighted by Gasteiger charge is -2.10. The van der Waals surface area contributed by atoms with Crippen LogP contribution in [0.1, 0.15) is 15.9 Å². The van der Waals surface area contributed by atoms with Gasteiger partial charge in [-0.25, -0.2) is 9.97 Å². The Balaban J connectivity index is 1.49. The first-order valence-electron chi connectivity index (χ1n) is 10.1. The Morgan fingerprint density at radius 3 is 2.34 bits per heavy atom. The minimum Gasteiger partial charge on any atom is -0.298 e. The zero-order chi connectivity index (χ0) is 22.1. The number of nitrogens with one attached hydrogen (secondary N) is 1. The Morgan fingerprint density at radius 1 is 0.875 bits per heavy atom. The molecule has 0 aliphatic rings. The number of para-hydroxylation sites is 1. The van der Waals surface area contributed by atoms with E-state index >= 15 is 0 Å². The SMILES string of the molecule is Cc1ccc(-c2csc(NC(=O)c3cc(-c4ccc(Cl)cc4)nc4ccccc34)n2)cc1. The molecule has 5 rings (SSSR count). The number of hydrogen-bond donors (Lipinski definition) is 1. The molecule has 0 unspecified atom stereocenters. The van der Waals surface area contributed by atoms with Crippen LogP contribution in [0.25, 0.3) is 33.4 Å². The van der Waals surface area contributed by atoms with Crippen LogP contribution < -0.4 is 5.32 Å². The lowest BCUT2D eigenvalue weighted by molar-refractivity contribution is 0.102. The highest BCUT2D eigenvalue weighted by atomic mass is 35.5. The lowest BCUT2D eigenvalue weighted by atomic mass is 10.0. The number of nitrogens with zero attached hydrogens (tertiary/aromatic N) is 2. The largest absolute Gasteiger partial charge is 0.298 e. The maximum Gasteiger partial charge on any atom is 0.258 e. The number of anilines is 1. The summed E-state index contributed by atoms with van der Waals surface area (Å²) < 4.78 is 0. The first kappa shape index (κ1) is 20.4. The first-order chi connectivity index (χ1) is 15.6. The van der Waals surface area contributed by atoms with Gasteiger partial charge in [0.15, 0.2) is 5.13 Å². The number of aryl methyl sites for hydroxylation is 1. The van der Waals surface area contributed by atoms with E-state index in [0.717, 1.165) is 27.7 Å². The summed E-state index contributed by atoms with van der Waals surface area (Å²) in [6.07, 6.45) is 0. The number of pyridine rings is 1. The second-order valence-corrected chi connectivity index (χ2v) is 8.73. The second-order valence-electron chi connectivity index (χ2n) is 7.44. The van der Waals surface area contributed by atoms with E-state index in [1.807, 2.05) is 91.2 Å². The number of thiazole rings is 1. The molecule has 1 amide bonds. The molecule has 2 aromatic heterocycles. The van der Waals surface area contributed by atoms with Crippen LogP contribution in [0.2, 0.25) is 5.02 Å². The topological polar surface area (TPSA) is 54.9 Å². The van der Waals surface area contributed by atoms with Gasteiger partial charge < -0.3 is 0 Å². The van der Waals surface area contributed by atoms with Gasteiger partial charge in [0.1, 0.15) is 0 Å². The van der Waals surface area contributed by atoms with Gasteiger partial charge in [-0.15, -0.1) is 11.3 Å². The minimum atomic E-state index is -0.219. The predicted octanol–water partition coefficient (Wildman–Crippen LogP) is 7.24. The summed E-state index contributed by atoms with van der Waals surface area (Å²) in [4.78, 5) is 22.6. The van der Waals surface area contributed by atoms with E-state index in [-0.39, 0.29) is 5.91 Å². The molecule has 0 atom stereocenters. The van der Waals surface area contributed by atoms with Gasteiger partial charge in [-0.1, -0.05) is 71.8 Å². The first-order valence-corrected chi connectivity index (χ1v) is 11.3. The Kier molecular flexibility index (Phi) is 5.43. The van der Waals surface area contributed by atoms with Gasteiger partial charge in [0.05, 0.1) is 22.5 Å². The van der Waals surface area contributed by atoms with Crippen molar-refractivity contribution < 1.29 is 4.79 Å². The van der Waals surface area contributed by atoms with Crippen molar-refractivity contribution in [1.29, 1.82) is 0 Å². The summed E-state index contributed by atoms with van der Waals surface area (Å²) in [6, 6.07) is 25.0. The summed E-state index contributed by atoms with van der Waals surface area (Å²) >= 11 is 7.44. The van der Waals surface area contributed by atoms with E-state index in [4.69, 9.17) is 16.6 Å². The maximum atomic E-state index is 13.3. The van der Waals surface area contributed by atoms with Crippen molar-refractivity contribution in [3.63, 3.8) is 0 Å². The van der Waals surface area contributed by atoms with Crippen molar-refractivity contribution in [3.8, 4) is 22.5 Å². The van der Waals surface area contributed by atoms with Crippen molar-refractivity contribution in [3.05, 3.63) is 100 Å². The highest BCUT2D eigenvalue weighted by molar-refractivity contribution is 7.14. The number of carbonyl (C=O) groups is 1. The maximum absolute atomic E-state index is 13.3. The lowest BCUT2D eigenvalue weighted by Crippen LogP contribution is -2.13. The Labute approximate surface area is 194 Å². The second kappa shape index (κ2) is 8.54. The number of benzene rings is 3. The van der Waals surface area contributed by atoms with Crippen LogP contribution in [0.3, 0.4) is 0 Å². The number of amides is 1. The predicted molar refractivity (Wildman–Crippen MR) is 132 cm³/mol. The van der Waals surface area contributed by atoms with E-state index in [2.05, 4.69) is 10.3 Å². The molecule has 32 heavy (non-hydrogen) atoms. The third kappa shape index (κ3) is 4.13. The van der Waals surface area contributed by atoms with E-state index in [1.54, 1.807) is 0 Å². The molecule has 0 bridgehead atoms. The van der Waals surface area contributed by atoms with Gasteiger partial charge in [-0.2, -0.15) is 0 Å². The van der Waals surface area contributed by atoms with Crippen LogP contribution in [-0.4, -0.2) is 15.9 Å². The molecule has 6 heteroatoms. The van der Waals surface area contributed by atoms with Gasteiger partial charge in [-0.05, 0) is 31.2 Å². The molecule has 0 spiro atoms. The standard InChI is InChI=1S/C26H18ClN3OS/c1-16-6-8-18(9-7-16)24-15-32-26(29-24)30-25(31)21-14-23(17-10-12-19(27)13-11-17)28-22-5-3-2-4-20(21)22/h2-15H,1H3,(H,29,30,31). The molecule has 0 aliphatic heterocycles. The molecule has 1 N–H and O–H groups in total. The molecule has 5 aromatic rings. The Bertz CT molecular complexity index is 1430. The molecule has 0 saturated carbocycles. The van der Waals surface area contributed by atoms with Crippen LogP contribution in [0, 0.1) is 6.92 Å². The van der Waals surface area contributed by atoms with Gasteiger partial charge in [-0.3, -0.25) is 10.1 Å². The zero-order valence-electron chi connectivity index (χ0n) is 17.2. The highest BCUT2D eigenvalue weighted by Gasteiger charge is 2.16. The quantitative estimate of drug-likeness (QED) is 0.310. The van der Waals surface area contributed by atoms with Crippen molar-refractivity contribution >= 4 is 44.9 Å². The molecule has 0 aliphatic carbocycles. The Morgan fingerprint density at radius 2 is 1.56 bits per heavy atom. The number of carbonyl (C=O) groups excluding carboxylic acids is 1. The van der Waals surface area contributed by atoms with E-state index < -0.39 is 0 Å². The minimum absolute atomic E-state index is 0.219. The highest BCUT2D eigenvalue weighted by Crippen LogP contribution is 2.28. The fourth-order valence-corrected chi connectivity index (χ4v) is 4.33. The number of hydrogen-bond acceptors (Lipinski definition) is 4. The van der Waals surface area contributed by atoms with Gasteiger partial charge >= 0.3 is 0 Å². The normalized spacial score (nSPS) is 10.9. The van der Waals surface area contributed by atoms with Crippen LogP contribution in [-0.2, 0) is 0 Å². The molecule has 0 fully saturated rings. The van der Waals surface area contributed by atoms with E-state index in [1.165, 1.54) is 16.9 Å². The summed E-state index contributed by atoms with van der Waals surface area (Å²) in [6.45, 7) is 2.05. The van der Waals surface area contributed by atoms with E-state index in [0.29, 0.717) is 21.4 Å². The average molecular weight is 456 g/mol. The number of halogens is 1. The van der Waals surface area contributed by atoms with Gasteiger partial charge in [0.2, 0.25) is 0 Å². The number of rotatable bonds is 4. The molecule has 3 aromatic carbocycles. The van der Waals surface area contributed by atoms with Gasteiger partial charge in [0.25, 0.3) is 5.91 Å². The third-order valence-corrected chi connectivity index (χ3v) is 6.18. The van der Waals surface area contributed by atoms with E-state index in [9.17, 15) is 4.79 Å². The third-order valence-electron chi connectivity index (χ3n) is 5.17. The summed E-state index contributed by atoms with van der Waals surface area (Å²) in [5, 5.41) is 6.91. The van der Waals surface area contributed by atoms with Crippen molar-refractivity contribution in [2.75, 3.05) is 5.32 Å². The molecule has 0 radical (unpaired) electrons. The van der Waals surface area contributed by atoms with Crippen LogP contribution in [0.4, 0.5) is 5.13 Å². The average Bonchev–Trinajstić information content (AvgIpc) is 3.27. The van der Waals surface area contributed by atoms with Gasteiger partial charge in [0, 0.05) is 26.9 Å². The molecule has 4 nitrogen and oxygen atoms in total. The van der Waals surface area contributed by atoms with Crippen molar-refractivity contribution in [1.82, 2.24) is 9.97 Å². The summed E-state index contributed by atoms with van der Waals surface area (Å²) in [5.41, 5.74) is 5.96. The monoisotopic (exact) mass is 455 g/mol. The fraction of sp³-hybridized carbons (Fsp3) is 0.0385. The summed E-state index contributed by atoms with van der Waals surface area (Å²) in [5.74, 6) is -0.219. The molecule has 156 valence electrons. The molecular formula is C26H18ClN3OS. The smallest absolute Gasteiger partial charge is 0.258 e. The van der Waals surface area contributed by atoms with Crippen LogP contribution in [0.5, 0.6) is 0 Å².